The van der Waals surface area contributed by atoms with Crippen LogP contribution in [0.15, 0.2) is 18.2 Å². The summed E-state index contributed by atoms with van der Waals surface area (Å²) in [5.41, 5.74) is 5.49. The van der Waals surface area contributed by atoms with Gasteiger partial charge in [-0.25, -0.2) is 9.18 Å². The fourth-order valence-corrected chi connectivity index (χ4v) is 0.877. The first-order chi connectivity index (χ1) is 6.52. The van der Waals surface area contributed by atoms with Crippen LogP contribution in [0.1, 0.15) is 6.92 Å². The summed E-state index contributed by atoms with van der Waals surface area (Å²) in [6.45, 7) is 1.30. The van der Waals surface area contributed by atoms with Crippen molar-refractivity contribution in [3.05, 3.63) is 24.0 Å². The lowest BCUT2D eigenvalue weighted by Crippen LogP contribution is -2.23. The number of benzene rings is 1. The number of carbonyl (C=O) groups is 1. The number of para-hydroxylation sites is 1. The molecule has 1 rings (SSSR count). The maximum Gasteiger partial charge on any atom is 0.344 e. The van der Waals surface area contributed by atoms with Crippen LogP contribution < -0.4 is 10.5 Å². The minimum absolute atomic E-state index is 0.0816. The molecule has 0 amide bonds. The van der Waals surface area contributed by atoms with Crippen LogP contribution in [-0.2, 0) is 4.79 Å². The SMILES string of the molecule is CC(Oc1c(N)cccc1F)C(=O)O. The van der Waals surface area contributed by atoms with Crippen molar-refractivity contribution < 1.29 is 19.0 Å². The highest BCUT2D eigenvalue weighted by Gasteiger charge is 2.16. The summed E-state index contributed by atoms with van der Waals surface area (Å²) in [7, 11) is 0. The van der Waals surface area contributed by atoms with E-state index >= 15 is 0 Å². The summed E-state index contributed by atoms with van der Waals surface area (Å²) >= 11 is 0. The predicted octanol–water partition coefficient (Wildman–Crippen LogP) is 1.26. The minimum Gasteiger partial charge on any atom is -0.479 e. The van der Waals surface area contributed by atoms with Gasteiger partial charge in [0.2, 0.25) is 0 Å². The molecule has 76 valence electrons. The number of hydrogen-bond donors (Lipinski definition) is 2. The first kappa shape index (κ1) is 10.3. The van der Waals surface area contributed by atoms with Gasteiger partial charge >= 0.3 is 5.97 Å². The van der Waals surface area contributed by atoms with Gasteiger partial charge in [0.25, 0.3) is 0 Å². The molecule has 0 aliphatic carbocycles. The van der Waals surface area contributed by atoms with Crippen LogP contribution in [0.5, 0.6) is 5.75 Å². The zero-order valence-electron chi connectivity index (χ0n) is 7.53. The molecule has 0 saturated heterocycles. The second-order valence-electron chi connectivity index (χ2n) is 2.76. The summed E-state index contributed by atoms with van der Waals surface area (Å²) in [4.78, 5) is 10.4. The molecule has 1 aromatic rings. The molecule has 4 nitrogen and oxygen atoms in total. The lowest BCUT2D eigenvalue weighted by atomic mass is 10.3. The van der Waals surface area contributed by atoms with Crippen molar-refractivity contribution in [2.24, 2.45) is 0 Å². The topological polar surface area (TPSA) is 72.5 Å². The van der Waals surface area contributed by atoms with E-state index in [0.29, 0.717) is 0 Å². The van der Waals surface area contributed by atoms with Crippen LogP contribution >= 0.6 is 0 Å². The Kier molecular flexibility index (Phi) is 2.91. The van der Waals surface area contributed by atoms with Crippen LogP contribution in [0.4, 0.5) is 10.1 Å². The maximum absolute atomic E-state index is 13.1. The van der Waals surface area contributed by atoms with Gasteiger partial charge in [-0.2, -0.15) is 0 Å². The van der Waals surface area contributed by atoms with Crippen LogP contribution in [0.3, 0.4) is 0 Å². The lowest BCUT2D eigenvalue weighted by Gasteiger charge is -2.12. The molecule has 5 heteroatoms. The van der Waals surface area contributed by atoms with Crippen molar-refractivity contribution in [1.82, 2.24) is 0 Å². The van der Waals surface area contributed by atoms with Gasteiger partial charge in [0.15, 0.2) is 17.7 Å². The Labute approximate surface area is 80.1 Å². The molecule has 0 aliphatic heterocycles. The van der Waals surface area contributed by atoms with E-state index in [-0.39, 0.29) is 11.4 Å². The third-order valence-corrected chi connectivity index (χ3v) is 1.64. The molecule has 1 unspecified atom stereocenters. The number of nitrogens with two attached hydrogens (primary N) is 1. The molecule has 0 fully saturated rings. The van der Waals surface area contributed by atoms with Gasteiger partial charge in [-0.1, -0.05) is 6.07 Å². The number of hydrogen-bond acceptors (Lipinski definition) is 3. The minimum atomic E-state index is -1.17. The molecular formula is C9H10FNO3. The third-order valence-electron chi connectivity index (χ3n) is 1.64. The zero-order valence-corrected chi connectivity index (χ0v) is 7.53. The molecule has 0 aliphatic rings. The van der Waals surface area contributed by atoms with Crippen molar-refractivity contribution >= 4 is 11.7 Å². The largest absolute Gasteiger partial charge is 0.479 e. The van der Waals surface area contributed by atoms with Crippen LogP contribution in [-0.4, -0.2) is 17.2 Å². The van der Waals surface area contributed by atoms with E-state index in [0.717, 1.165) is 6.07 Å². The highest BCUT2D eigenvalue weighted by molar-refractivity contribution is 5.72. The number of carboxylic acid groups (broad SMARTS) is 1. The number of aliphatic carboxylic acids is 1. The Hall–Kier alpha value is -1.78. The Morgan fingerprint density at radius 2 is 2.29 bits per heavy atom. The second-order valence-corrected chi connectivity index (χ2v) is 2.76. The lowest BCUT2D eigenvalue weighted by molar-refractivity contribution is -0.144. The Morgan fingerprint density at radius 1 is 1.64 bits per heavy atom. The van der Waals surface area contributed by atoms with Crippen LogP contribution in [0.25, 0.3) is 0 Å². The number of halogens is 1. The molecule has 1 aromatic carbocycles. The van der Waals surface area contributed by atoms with Crippen LogP contribution in [0, 0.1) is 5.82 Å². The first-order valence-electron chi connectivity index (χ1n) is 3.96. The van der Waals surface area contributed by atoms with E-state index in [4.69, 9.17) is 15.6 Å². The molecule has 0 radical (unpaired) electrons. The van der Waals surface area contributed by atoms with Gasteiger partial charge in [-0.15, -0.1) is 0 Å². The average Bonchev–Trinajstić information content (AvgIpc) is 2.11. The number of ether oxygens (including phenoxy) is 1. The van der Waals surface area contributed by atoms with Gasteiger partial charge in [0, 0.05) is 0 Å². The molecule has 0 bridgehead atoms. The maximum atomic E-state index is 13.1. The monoisotopic (exact) mass is 199 g/mol. The predicted molar refractivity (Wildman–Crippen MR) is 48.5 cm³/mol. The summed E-state index contributed by atoms with van der Waals surface area (Å²) in [6.07, 6.45) is -1.13. The smallest absolute Gasteiger partial charge is 0.344 e. The fraction of sp³-hybridized carbons (Fsp3) is 0.222. The van der Waals surface area contributed by atoms with E-state index in [9.17, 15) is 9.18 Å². The van der Waals surface area contributed by atoms with E-state index in [1.807, 2.05) is 0 Å². The van der Waals surface area contributed by atoms with E-state index in [1.165, 1.54) is 19.1 Å². The number of rotatable bonds is 3. The number of anilines is 1. The third kappa shape index (κ3) is 2.12. The van der Waals surface area contributed by atoms with Crippen LogP contribution in [0.2, 0.25) is 0 Å². The first-order valence-corrected chi connectivity index (χ1v) is 3.96. The van der Waals surface area contributed by atoms with Crippen molar-refractivity contribution in [2.45, 2.75) is 13.0 Å². The summed E-state index contributed by atoms with van der Waals surface area (Å²) in [6, 6.07) is 4.01. The fourth-order valence-electron chi connectivity index (χ4n) is 0.877. The molecular weight excluding hydrogens is 189 g/mol. The molecule has 14 heavy (non-hydrogen) atoms. The number of nitrogen functional groups attached to an aromatic ring is 1. The highest BCUT2D eigenvalue weighted by atomic mass is 19.1. The summed E-state index contributed by atoms with van der Waals surface area (Å²) in [5.74, 6) is -2.06. The molecule has 0 aromatic heterocycles. The van der Waals surface area contributed by atoms with Gasteiger partial charge in [-0.3, -0.25) is 0 Å². The van der Waals surface area contributed by atoms with Crippen molar-refractivity contribution in [3.8, 4) is 5.75 Å². The molecule has 1 atom stereocenters. The molecule has 0 saturated carbocycles. The molecule has 3 N–H and O–H groups in total. The molecule has 0 spiro atoms. The van der Waals surface area contributed by atoms with Gasteiger partial charge in [0.05, 0.1) is 5.69 Å². The zero-order chi connectivity index (χ0) is 10.7. The van der Waals surface area contributed by atoms with E-state index < -0.39 is 17.9 Å². The Morgan fingerprint density at radius 3 is 2.79 bits per heavy atom. The van der Waals surface area contributed by atoms with Gasteiger partial charge < -0.3 is 15.6 Å². The Balaban J connectivity index is 2.91. The molecule has 0 heterocycles. The van der Waals surface area contributed by atoms with Crippen molar-refractivity contribution in [1.29, 1.82) is 0 Å². The standard InChI is InChI=1S/C9H10FNO3/c1-5(9(12)13)14-8-6(10)3-2-4-7(8)11/h2-5H,11H2,1H3,(H,12,13). The van der Waals surface area contributed by atoms with Crippen molar-refractivity contribution in [2.75, 3.05) is 5.73 Å². The quantitative estimate of drug-likeness (QED) is 0.719. The Bertz CT molecular complexity index is 334. The highest BCUT2D eigenvalue weighted by Crippen LogP contribution is 2.25. The van der Waals surface area contributed by atoms with Gasteiger partial charge in [-0.05, 0) is 19.1 Å². The van der Waals surface area contributed by atoms with E-state index in [1.54, 1.807) is 0 Å². The second kappa shape index (κ2) is 3.95. The average molecular weight is 199 g/mol. The summed E-state index contributed by atoms with van der Waals surface area (Å²) in [5, 5.41) is 8.54. The van der Waals surface area contributed by atoms with Crippen molar-refractivity contribution in [3.63, 3.8) is 0 Å². The summed E-state index contributed by atoms with van der Waals surface area (Å²) < 4.78 is 17.9. The normalized spacial score (nSPS) is 12.1. The number of carboxylic acids is 1. The van der Waals surface area contributed by atoms with E-state index in [2.05, 4.69) is 0 Å². The van der Waals surface area contributed by atoms with Gasteiger partial charge in [0.1, 0.15) is 0 Å².